The van der Waals surface area contributed by atoms with Crippen LogP contribution in [-0.4, -0.2) is 43.4 Å². The van der Waals surface area contributed by atoms with Crippen molar-refractivity contribution in [3.8, 4) is 5.69 Å². The van der Waals surface area contributed by atoms with Gasteiger partial charge in [-0.15, -0.1) is 5.10 Å². The predicted octanol–water partition coefficient (Wildman–Crippen LogP) is 2.42. The van der Waals surface area contributed by atoms with Crippen molar-refractivity contribution in [1.29, 1.82) is 0 Å². The third-order valence-corrected chi connectivity index (χ3v) is 5.68. The van der Waals surface area contributed by atoms with Crippen LogP contribution in [0, 0.1) is 6.92 Å². The highest BCUT2D eigenvalue weighted by molar-refractivity contribution is 5.93. The highest BCUT2D eigenvalue weighted by Crippen LogP contribution is 2.27. The van der Waals surface area contributed by atoms with Gasteiger partial charge < -0.3 is 5.32 Å². The maximum atomic E-state index is 12.4. The van der Waals surface area contributed by atoms with E-state index in [1.807, 2.05) is 29.9 Å². The van der Waals surface area contributed by atoms with Gasteiger partial charge in [0.05, 0.1) is 17.1 Å². The van der Waals surface area contributed by atoms with E-state index in [0.717, 1.165) is 56.0 Å². The average molecular weight is 388 g/mol. The highest BCUT2D eigenvalue weighted by atomic mass is 16.2. The molecule has 148 valence electrons. The second-order valence-electron chi connectivity index (χ2n) is 7.88. The monoisotopic (exact) mass is 388 g/mol. The lowest BCUT2D eigenvalue weighted by molar-refractivity contribution is 0.0945. The zero-order chi connectivity index (χ0) is 19.8. The number of fused-ring (bicyclic) bond motifs is 1. The normalized spacial score (nSPS) is 16.4. The molecule has 5 rings (SSSR count). The maximum absolute atomic E-state index is 12.4. The van der Waals surface area contributed by atoms with Gasteiger partial charge in [-0.3, -0.25) is 14.7 Å². The molecule has 0 saturated heterocycles. The molecule has 0 radical (unpaired) electrons. The molecule has 0 spiro atoms. The third-order valence-electron chi connectivity index (χ3n) is 5.68. The molecule has 2 aromatic heterocycles. The van der Waals surface area contributed by atoms with Crippen molar-refractivity contribution < 1.29 is 4.79 Å². The summed E-state index contributed by atoms with van der Waals surface area (Å²) >= 11 is 0. The number of hydrogen-bond acceptors (Lipinski definition) is 5. The molecule has 3 heterocycles. The molecule has 29 heavy (non-hydrogen) atoms. The van der Waals surface area contributed by atoms with Gasteiger partial charge in [0.2, 0.25) is 0 Å². The first-order valence-corrected chi connectivity index (χ1v) is 10.2. The molecule has 1 fully saturated rings. The van der Waals surface area contributed by atoms with Crippen LogP contribution in [0.3, 0.4) is 0 Å². The molecule has 1 saturated carbocycles. The molecule has 0 bridgehead atoms. The summed E-state index contributed by atoms with van der Waals surface area (Å²) in [5, 5.41) is 11.5. The van der Waals surface area contributed by atoms with Gasteiger partial charge in [-0.05, 0) is 55.5 Å². The van der Waals surface area contributed by atoms with Crippen molar-refractivity contribution in [3.05, 3.63) is 70.8 Å². The second kappa shape index (κ2) is 7.40. The Hall–Kier alpha value is -3.06. The van der Waals surface area contributed by atoms with Crippen LogP contribution in [0.2, 0.25) is 0 Å². The Morgan fingerprint density at radius 3 is 2.90 bits per heavy atom. The number of rotatable bonds is 5. The summed E-state index contributed by atoms with van der Waals surface area (Å²) in [6.07, 6.45) is 4.89. The topological polar surface area (TPSA) is 75.9 Å². The number of carbonyl (C=O) groups is 1. The van der Waals surface area contributed by atoms with E-state index in [-0.39, 0.29) is 5.91 Å². The zero-order valence-electron chi connectivity index (χ0n) is 16.5. The Kier molecular flexibility index (Phi) is 4.60. The van der Waals surface area contributed by atoms with Gasteiger partial charge in [-0.25, -0.2) is 4.68 Å². The number of amides is 1. The van der Waals surface area contributed by atoms with Crippen LogP contribution >= 0.6 is 0 Å². The fraction of sp³-hybridized carbons (Fsp3) is 0.364. The molecule has 1 aliphatic carbocycles. The van der Waals surface area contributed by atoms with Gasteiger partial charge in [0.1, 0.15) is 0 Å². The molecule has 1 aliphatic heterocycles. The van der Waals surface area contributed by atoms with Crippen molar-refractivity contribution >= 4 is 5.91 Å². The van der Waals surface area contributed by atoms with Crippen LogP contribution < -0.4 is 5.32 Å². The molecule has 1 aromatic carbocycles. The van der Waals surface area contributed by atoms with Crippen LogP contribution in [0.1, 0.15) is 45.8 Å². The average Bonchev–Trinajstić information content (AvgIpc) is 3.47. The molecular formula is C22H24N6O. The number of nitrogens with zero attached hydrogens (tertiary/aromatic N) is 5. The first kappa shape index (κ1) is 18.0. The van der Waals surface area contributed by atoms with Gasteiger partial charge in [-0.2, -0.15) is 0 Å². The van der Waals surface area contributed by atoms with E-state index in [1.54, 1.807) is 0 Å². The minimum Gasteiger partial charge on any atom is -0.348 e. The standard InChI is InChI=1S/C22H24N6O/c1-15-21(22(29)24-17-8-9-17)25-26-28(15)20-7-4-5-16-13-27(12-10-19(16)20)14-18-6-2-3-11-23-18/h2-7,11,17H,8-10,12-14H2,1H3,(H,24,29). The lowest BCUT2D eigenvalue weighted by atomic mass is 9.97. The smallest absolute Gasteiger partial charge is 0.273 e. The molecule has 7 heteroatoms. The second-order valence-corrected chi connectivity index (χ2v) is 7.88. The summed E-state index contributed by atoms with van der Waals surface area (Å²) in [6.45, 7) is 4.60. The number of nitrogens with one attached hydrogen (secondary N) is 1. The summed E-state index contributed by atoms with van der Waals surface area (Å²) < 4.78 is 1.81. The van der Waals surface area contributed by atoms with E-state index in [0.29, 0.717) is 11.7 Å². The Labute approximate surface area is 169 Å². The van der Waals surface area contributed by atoms with Crippen LogP contribution in [0.25, 0.3) is 5.69 Å². The molecule has 2 aliphatic rings. The lowest BCUT2D eigenvalue weighted by Crippen LogP contribution is -2.31. The van der Waals surface area contributed by atoms with Crippen molar-refractivity contribution in [2.45, 2.75) is 45.3 Å². The maximum Gasteiger partial charge on any atom is 0.273 e. The Morgan fingerprint density at radius 2 is 2.10 bits per heavy atom. The molecule has 0 atom stereocenters. The van der Waals surface area contributed by atoms with Crippen molar-refractivity contribution in [1.82, 2.24) is 30.2 Å². The Balaban J connectivity index is 1.39. The van der Waals surface area contributed by atoms with E-state index in [1.165, 1.54) is 11.1 Å². The molecule has 0 unspecified atom stereocenters. The highest BCUT2D eigenvalue weighted by Gasteiger charge is 2.27. The van der Waals surface area contributed by atoms with Gasteiger partial charge in [0, 0.05) is 31.9 Å². The number of benzene rings is 1. The van der Waals surface area contributed by atoms with Crippen molar-refractivity contribution in [3.63, 3.8) is 0 Å². The fourth-order valence-corrected chi connectivity index (χ4v) is 3.95. The number of aromatic nitrogens is 4. The van der Waals surface area contributed by atoms with Gasteiger partial charge >= 0.3 is 0 Å². The fourth-order valence-electron chi connectivity index (χ4n) is 3.95. The summed E-state index contributed by atoms with van der Waals surface area (Å²) in [6, 6.07) is 12.7. The Morgan fingerprint density at radius 1 is 1.21 bits per heavy atom. The Bertz CT molecular complexity index is 1040. The van der Waals surface area contributed by atoms with Crippen molar-refractivity contribution in [2.24, 2.45) is 0 Å². The van der Waals surface area contributed by atoms with Crippen LogP contribution in [0.5, 0.6) is 0 Å². The number of pyridine rings is 1. The van der Waals surface area contributed by atoms with Gasteiger partial charge in [0.25, 0.3) is 5.91 Å². The minimum absolute atomic E-state index is 0.123. The van der Waals surface area contributed by atoms with E-state index in [4.69, 9.17) is 0 Å². The first-order chi connectivity index (χ1) is 14.2. The molecule has 1 N–H and O–H groups in total. The number of carbonyl (C=O) groups excluding carboxylic acids is 1. The molecule has 7 nitrogen and oxygen atoms in total. The third kappa shape index (κ3) is 3.65. The molecular weight excluding hydrogens is 364 g/mol. The quantitative estimate of drug-likeness (QED) is 0.726. The largest absolute Gasteiger partial charge is 0.348 e. The molecule has 3 aromatic rings. The summed E-state index contributed by atoms with van der Waals surface area (Å²) in [4.78, 5) is 19.3. The number of hydrogen-bond donors (Lipinski definition) is 1. The van der Waals surface area contributed by atoms with Gasteiger partial charge in [-0.1, -0.05) is 23.4 Å². The van der Waals surface area contributed by atoms with Gasteiger partial charge in [0.15, 0.2) is 5.69 Å². The summed E-state index contributed by atoms with van der Waals surface area (Å²) in [5.74, 6) is -0.123. The van der Waals surface area contributed by atoms with E-state index in [2.05, 4.69) is 49.8 Å². The van der Waals surface area contributed by atoms with Crippen LogP contribution in [-0.2, 0) is 19.5 Å². The summed E-state index contributed by atoms with van der Waals surface area (Å²) in [5.41, 5.74) is 5.89. The van der Waals surface area contributed by atoms with Crippen molar-refractivity contribution in [2.75, 3.05) is 6.54 Å². The van der Waals surface area contributed by atoms with E-state index >= 15 is 0 Å². The van der Waals surface area contributed by atoms with Crippen LogP contribution in [0.4, 0.5) is 0 Å². The predicted molar refractivity (Wildman–Crippen MR) is 109 cm³/mol. The lowest BCUT2D eigenvalue weighted by Gasteiger charge is -2.29. The minimum atomic E-state index is -0.123. The van der Waals surface area contributed by atoms with Crippen LogP contribution in [0.15, 0.2) is 42.6 Å². The summed E-state index contributed by atoms with van der Waals surface area (Å²) in [7, 11) is 0. The van der Waals surface area contributed by atoms with E-state index in [9.17, 15) is 4.79 Å². The molecule has 1 amide bonds. The first-order valence-electron chi connectivity index (χ1n) is 10.2. The van der Waals surface area contributed by atoms with E-state index < -0.39 is 0 Å². The zero-order valence-corrected chi connectivity index (χ0v) is 16.5. The SMILES string of the molecule is Cc1c(C(=O)NC2CC2)nnn1-c1cccc2c1CCN(Cc1ccccn1)C2.